The van der Waals surface area contributed by atoms with E-state index >= 15 is 0 Å². The first-order valence-electron chi connectivity index (χ1n) is 18.9. The van der Waals surface area contributed by atoms with Crippen LogP contribution in [0.2, 0.25) is 36.3 Å². The van der Waals surface area contributed by atoms with Gasteiger partial charge >= 0.3 is 0 Å². The molecule has 1 fully saturated rings. The summed E-state index contributed by atoms with van der Waals surface area (Å²) in [6.07, 6.45) is 1.24. The number of methoxy groups -OCH3 is 1. The maximum absolute atomic E-state index is 6.97. The minimum Gasteiger partial charge on any atom is -0.497 e. The molecule has 0 saturated carbocycles. The molecule has 1 aromatic heterocycles. The van der Waals surface area contributed by atoms with E-state index in [-0.39, 0.29) is 22.2 Å². The maximum Gasteiger partial charge on any atom is 0.213 e. The second kappa shape index (κ2) is 16.6. The van der Waals surface area contributed by atoms with Crippen LogP contribution in [0.1, 0.15) is 82.8 Å². The lowest BCUT2D eigenvalue weighted by molar-refractivity contribution is 0.171. The number of aromatic nitrogens is 1. The summed E-state index contributed by atoms with van der Waals surface area (Å²) in [4.78, 5) is 7.54. The summed E-state index contributed by atoms with van der Waals surface area (Å²) >= 11 is 2.51. The van der Waals surface area contributed by atoms with Crippen LogP contribution in [0.25, 0.3) is 5.57 Å². The average Bonchev–Trinajstić information content (AvgIpc) is 3.64. The molecule has 288 valence electrons. The van der Waals surface area contributed by atoms with Crippen molar-refractivity contribution >= 4 is 44.8 Å². The highest BCUT2D eigenvalue weighted by Gasteiger charge is 2.62. The van der Waals surface area contributed by atoms with Crippen LogP contribution in [-0.4, -0.2) is 56.8 Å². The predicted molar refractivity (Wildman–Crippen MR) is 236 cm³/mol. The number of ether oxygens (including phenoxy) is 1. The van der Waals surface area contributed by atoms with Gasteiger partial charge in [-0.25, -0.2) is 4.98 Å². The van der Waals surface area contributed by atoms with Crippen LogP contribution in [0.4, 0.5) is 0 Å². The van der Waals surface area contributed by atoms with Crippen LogP contribution in [-0.2, 0) is 19.1 Å². The Balaban J connectivity index is 1.56. The molecular formula is C45H59IN2O4Si2. The average molecular weight is 875 g/mol. The van der Waals surface area contributed by atoms with Gasteiger partial charge < -0.3 is 18.0 Å². The van der Waals surface area contributed by atoms with E-state index in [1.54, 1.807) is 7.11 Å². The Kier molecular flexibility index (Phi) is 13.0. The first-order valence-corrected chi connectivity index (χ1v) is 26.3. The number of benzene rings is 3. The van der Waals surface area contributed by atoms with Crippen molar-refractivity contribution in [3.8, 4) is 11.8 Å². The van der Waals surface area contributed by atoms with Crippen molar-refractivity contribution in [3.63, 3.8) is 0 Å². The van der Waals surface area contributed by atoms with Gasteiger partial charge in [0.25, 0.3) is 0 Å². The number of rotatable bonds is 13. The van der Waals surface area contributed by atoms with E-state index in [9.17, 15) is 0 Å². The van der Waals surface area contributed by atoms with E-state index in [1.807, 2.05) is 13.1 Å². The fourth-order valence-electron chi connectivity index (χ4n) is 6.53. The molecule has 1 saturated heterocycles. The second-order valence-electron chi connectivity index (χ2n) is 17.3. The topological polar surface area (TPSA) is 56.7 Å². The fraction of sp³-hybridized carbons (Fsp3) is 0.444. The van der Waals surface area contributed by atoms with E-state index in [4.69, 9.17) is 23.0 Å². The third-order valence-corrected chi connectivity index (χ3v) is 21.6. The largest absolute Gasteiger partial charge is 0.497 e. The van der Waals surface area contributed by atoms with E-state index in [0.29, 0.717) is 24.0 Å². The first-order chi connectivity index (χ1) is 25.4. The Bertz CT molecular complexity index is 1840. The minimum absolute atomic E-state index is 0.0244. The van der Waals surface area contributed by atoms with Crippen molar-refractivity contribution in [2.75, 3.05) is 18.1 Å². The van der Waals surface area contributed by atoms with Gasteiger partial charge in [-0.3, -0.25) is 4.90 Å². The van der Waals surface area contributed by atoms with E-state index in [0.717, 1.165) is 10.0 Å². The van der Waals surface area contributed by atoms with Gasteiger partial charge in [0.1, 0.15) is 11.8 Å². The van der Waals surface area contributed by atoms with Crippen molar-refractivity contribution < 1.29 is 18.0 Å². The lowest BCUT2D eigenvalue weighted by atomic mass is 9.76. The summed E-state index contributed by atoms with van der Waals surface area (Å²) in [5.74, 6) is 8.70. The zero-order valence-electron chi connectivity index (χ0n) is 34.3. The van der Waals surface area contributed by atoms with Crippen molar-refractivity contribution in [2.24, 2.45) is 0 Å². The minimum atomic E-state index is -2.27. The van der Waals surface area contributed by atoms with E-state index in [2.05, 4.69) is 198 Å². The van der Waals surface area contributed by atoms with Crippen molar-refractivity contribution in [3.05, 3.63) is 131 Å². The van der Waals surface area contributed by atoms with Gasteiger partial charge in [-0.2, -0.15) is 0 Å². The lowest BCUT2D eigenvalue weighted by Crippen LogP contribution is -2.44. The molecule has 0 bridgehead atoms. The summed E-state index contributed by atoms with van der Waals surface area (Å²) in [7, 11) is -2.54. The number of hydrogen-bond donors (Lipinski definition) is 0. The molecule has 0 aliphatic carbocycles. The highest BCUT2D eigenvalue weighted by atomic mass is 127. The molecule has 6 nitrogen and oxygen atoms in total. The smallest absolute Gasteiger partial charge is 0.213 e. The SMILES string of the molecule is CO/C(=C(\C)c1cnc([C@@H]2[C@H](CI)N2C(c2ccccc2)(c2ccccc2)c2ccccc2)o1)C(C#CCO[Si](C)(C)C(C)(C)C)O[Si](C)(C)C(C)(C)C. The number of nitrogens with zero attached hydrogens (tertiary/aromatic N) is 2. The molecule has 5 rings (SSSR count). The van der Waals surface area contributed by atoms with Crippen LogP contribution in [0.15, 0.2) is 107 Å². The summed E-state index contributed by atoms with van der Waals surface area (Å²) < 4.78 is 27.2. The van der Waals surface area contributed by atoms with Crippen LogP contribution in [0, 0.1) is 11.8 Å². The van der Waals surface area contributed by atoms with Crippen LogP contribution >= 0.6 is 22.6 Å². The van der Waals surface area contributed by atoms with Gasteiger partial charge in [-0.15, -0.1) is 0 Å². The summed E-state index contributed by atoms with van der Waals surface area (Å²) in [6, 6.07) is 32.5. The number of alkyl halides is 1. The van der Waals surface area contributed by atoms with Crippen molar-refractivity contribution in [1.29, 1.82) is 0 Å². The Morgan fingerprint density at radius 3 is 1.72 bits per heavy atom. The fourth-order valence-corrected chi connectivity index (χ4v) is 9.41. The molecule has 0 amide bonds. The third kappa shape index (κ3) is 8.54. The molecule has 1 aliphatic heterocycles. The molecule has 1 aliphatic rings. The monoisotopic (exact) mass is 874 g/mol. The van der Waals surface area contributed by atoms with Gasteiger partial charge in [0.05, 0.1) is 25.5 Å². The number of allylic oxidation sites excluding steroid dienone is 1. The molecule has 0 radical (unpaired) electrons. The number of hydrogen-bond acceptors (Lipinski definition) is 6. The molecule has 54 heavy (non-hydrogen) atoms. The second-order valence-corrected chi connectivity index (χ2v) is 27.7. The van der Waals surface area contributed by atoms with Gasteiger partial charge in [0.15, 0.2) is 28.5 Å². The van der Waals surface area contributed by atoms with E-state index < -0.39 is 28.3 Å². The molecule has 0 spiro atoms. The molecule has 4 atom stereocenters. The molecule has 3 aromatic carbocycles. The summed E-state index contributed by atoms with van der Waals surface area (Å²) in [5, 5.41) is 0.0731. The van der Waals surface area contributed by atoms with Crippen LogP contribution < -0.4 is 0 Å². The third-order valence-electron chi connectivity index (χ3n) is 11.8. The van der Waals surface area contributed by atoms with Gasteiger partial charge in [0, 0.05) is 16.0 Å². The molecule has 2 unspecified atom stereocenters. The van der Waals surface area contributed by atoms with Crippen LogP contribution in [0.5, 0.6) is 0 Å². The molecule has 0 N–H and O–H groups in total. The highest BCUT2D eigenvalue weighted by molar-refractivity contribution is 14.1. The van der Waals surface area contributed by atoms with Crippen LogP contribution in [0.3, 0.4) is 0 Å². The lowest BCUT2D eigenvalue weighted by Gasteiger charge is -2.38. The Labute approximate surface area is 340 Å². The van der Waals surface area contributed by atoms with Crippen molar-refractivity contribution in [2.45, 2.75) is 108 Å². The zero-order chi connectivity index (χ0) is 39.5. The molecule has 4 aromatic rings. The number of halogens is 1. The molecule has 2 heterocycles. The first kappa shape index (κ1) is 42.2. The normalized spacial score (nSPS) is 19.0. The Morgan fingerprint density at radius 2 is 1.30 bits per heavy atom. The van der Waals surface area contributed by atoms with Gasteiger partial charge in [0.2, 0.25) is 5.89 Å². The number of oxazole rings is 1. The molecule has 9 heteroatoms. The standard InChI is InChI=1S/C45H59IN2O4Si2/c1-33(41(49-8)38(52-54(11,12)44(5,6)7)29-22-30-50-53(9,10)43(2,3)4)39-32-47-42(51-39)40-37(31-46)48(40)45(34-23-16-13-17-24-34,35-25-18-14-19-26-35)36-27-20-15-21-28-36/h13-21,23-28,32,37-38,40H,30-31H2,1-12H3/b41-33+/t37-,38?,40-,48?/m0/s1. The molecular weight excluding hydrogens is 816 g/mol. The van der Waals surface area contributed by atoms with Gasteiger partial charge in [-0.1, -0.05) is 167 Å². The Hall–Kier alpha value is -2.99. The van der Waals surface area contributed by atoms with E-state index in [1.165, 1.54) is 16.7 Å². The predicted octanol–water partition coefficient (Wildman–Crippen LogP) is 11.6. The Morgan fingerprint density at radius 1 is 0.815 bits per heavy atom. The maximum atomic E-state index is 6.97. The highest BCUT2D eigenvalue weighted by Crippen LogP contribution is 2.58. The summed E-state index contributed by atoms with van der Waals surface area (Å²) in [5.41, 5.74) is 3.85. The quantitative estimate of drug-likeness (QED) is 0.0254. The summed E-state index contributed by atoms with van der Waals surface area (Å²) in [6.45, 7) is 24.8. The van der Waals surface area contributed by atoms with Crippen molar-refractivity contribution in [1.82, 2.24) is 9.88 Å². The zero-order valence-corrected chi connectivity index (χ0v) is 38.4. The van der Waals surface area contributed by atoms with Gasteiger partial charge in [-0.05, 0) is 59.9 Å².